The summed E-state index contributed by atoms with van der Waals surface area (Å²) in [5.41, 5.74) is 0.332. The zero-order valence-corrected chi connectivity index (χ0v) is 10.1. The van der Waals surface area contributed by atoms with Gasteiger partial charge in [-0.05, 0) is 25.0 Å². The number of hydrogen-bond donors (Lipinski definition) is 3. The van der Waals surface area contributed by atoms with E-state index in [1.54, 1.807) is 0 Å². The molecule has 0 heterocycles. The Kier molecular flexibility index (Phi) is 4.02. The largest absolute Gasteiger partial charge is 0.505 e. The van der Waals surface area contributed by atoms with Crippen molar-refractivity contribution in [3.05, 3.63) is 24.0 Å². The van der Waals surface area contributed by atoms with E-state index in [-0.39, 0.29) is 12.1 Å². The van der Waals surface area contributed by atoms with Gasteiger partial charge in [-0.25, -0.2) is 9.18 Å². The second kappa shape index (κ2) is 5.71. The number of halogens is 1. The lowest BCUT2D eigenvalue weighted by Gasteiger charge is -2.22. The molecule has 1 aliphatic rings. The van der Waals surface area contributed by atoms with Crippen molar-refractivity contribution in [2.45, 2.75) is 38.1 Å². The molecule has 0 bridgehead atoms. The first-order chi connectivity index (χ1) is 8.65. The summed E-state index contributed by atoms with van der Waals surface area (Å²) in [7, 11) is 0. The number of hydrogen-bond acceptors (Lipinski definition) is 2. The molecule has 1 aliphatic carbocycles. The van der Waals surface area contributed by atoms with Gasteiger partial charge in [-0.3, -0.25) is 0 Å². The number of rotatable bonds is 2. The summed E-state index contributed by atoms with van der Waals surface area (Å²) in [4.78, 5) is 11.7. The fraction of sp³-hybridized carbons (Fsp3) is 0.462. The van der Waals surface area contributed by atoms with Crippen LogP contribution in [0.4, 0.5) is 14.9 Å². The summed E-state index contributed by atoms with van der Waals surface area (Å²) in [5.74, 6) is -1.17. The fourth-order valence-corrected chi connectivity index (χ4v) is 2.18. The van der Waals surface area contributed by atoms with Crippen molar-refractivity contribution in [1.29, 1.82) is 0 Å². The highest BCUT2D eigenvalue weighted by Crippen LogP contribution is 2.20. The van der Waals surface area contributed by atoms with Crippen molar-refractivity contribution in [3.63, 3.8) is 0 Å². The highest BCUT2D eigenvalue weighted by molar-refractivity contribution is 5.89. The second-order valence-electron chi connectivity index (χ2n) is 4.60. The number of phenolic OH excluding ortho intramolecular Hbond substituents is 1. The molecule has 0 aliphatic heterocycles. The predicted molar refractivity (Wildman–Crippen MR) is 67.1 cm³/mol. The molecule has 1 aromatic rings. The van der Waals surface area contributed by atoms with Gasteiger partial charge < -0.3 is 15.7 Å². The first-order valence-electron chi connectivity index (χ1n) is 6.21. The van der Waals surface area contributed by atoms with Crippen LogP contribution in [0.25, 0.3) is 0 Å². The molecular weight excluding hydrogens is 235 g/mol. The van der Waals surface area contributed by atoms with Crippen molar-refractivity contribution < 1.29 is 14.3 Å². The van der Waals surface area contributed by atoms with E-state index in [9.17, 15) is 9.18 Å². The van der Waals surface area contributed by atoms with Crippen LogP contribution >= 0.6 is 0 Å². The van der Waals surface area contributed by atoms with E-state index in [4.69, 9.17) is 5.11 Å². The van der Waals surface area contributed by atoms with Gasteiger partial charge in [0.2, 0.25) is 0 Å². The Balaban J connectivity index is 1.88. The zero-order chi connectivity index (χ0) is 13.0. The van der Waals surface area contributed by atoms with Gasteiger partial charge in [0.1, 0.15) is 0 Å². The van der Waals surface area contributed by atoms with Gasteiger partial charge in [-0.1, -0.05) is 19.3 Å². The molecule has 4 nitrogen and oxygen atoms in total. The van der Waals surface area contributed by atoms with Crippen LogP contribution in [-0.2, 0) is 0 Å². The maximum Gasteiger partial charge on any atom is 0.319 e. The fourth-order valence-electron chi connectivity index (χ4n) is 2.18. The van der Waals surface area contributed by atoms with E-state index in [2.05, 4.69) is 10.6 Å². The van der Waals surface area contributed by atoms with E-state index in [0.29, 0.717) is 5.69 Å². The van der Waals surface area contributed by atoms with Gasteiger partial charge in [0.25, 0.3) is 0 Å². The van der Waals surface area contributed by atoms with Crippen molar-refractivity contribution in [3.8, 4) is 5.75 Å². The van der Waals surface area contributed by atoms with Crippen LogP contribution in [0.2, 0.25) is 0 Å². The molecule has 3 N–H and O–H groups in total. The maximum atomic E-state index is 13.1. The SMILES string of the molecule is O=C(Nc1ccc(O)c(F)c1)NC1CCCCC1. The lowest BCUT2D eigenvalue weighted by atomic mass is 9.96. The van der Waals surface area contributed by atoms with Gasteiger partial charge >= 0.3 is 6.03 Å². The van der Waals surface area contributed by atoms with Crippen molar-refractivity contribution in [1.82, 2.24) is 5.32 Å². The molecule has 98 valence electrons. The Morgan fingerprint density at radius 3 is 2.67 bits per heavy atom. The summed E-state index contributed by atoms with van der Waals surface area (Å²) in [6, 6.07) is 3.65. The molecule has 0 radical (unpaired) electrons. The van der Waals surface area contributed by atoms with Crippen molar-refractivity contribution in [2.75, 3.05) is 5.32 Å². The molecule has 2 rings (SSSR count). The summed E-state index contributed by atoms with van der Waals surface area (Å²) < 4.78 is 13.1. The van der Waals surface area contributed by atoms with Crippen LogP contribution < -0.4 is 10.6 Å². The minimum atomic E-state index is -0.745. The minimum absolute atomic E-state index is 0.209. The van der Waals surface area contributed by atoms with E-state index in [1.807, 2.05) is 0 Å². The summed E-state index contributed by atoms with van der Waals surface area (Å²) >= 11 is 0. The lowest BCUT2D eigenvalue weighted by molar-refractivity contribution is 0.244. The van der Waals surface area contributed by atoms with E-state index in [0.717, 1.165) is 31.7 Å². The van der Waals surface area contributed by atoms with Crippen LogP contribution in [-0.4, -0.2) is 17.2 Å². The third-order valence-corrected chi connectivity index (χ3v) is 3.15. The number of amides is 2. The van der Waals surface area contributed by atoms with Crippen LogP contribution in [0, 0.1) is 5.82 Å². The van der Waals surface area contributed by atoms with Crippen LogP contribution in [0.15, 0.2) is 18.2 Å². The van der Waals surface area contributed by atoms with Crippen LogP contribution in [0.1, 0.15) is 32.1 Å². The molecule has 1 saturated carbocycles. The van der Waals surface area contributed by atoms with Crippen molar-refractivity contribution in [2.24, 2.45) is 0 Å². The summed E-state index contributed by atoms with van der Waals surface area (Å²) in [5, 5.41) is 14.5. The number of carbonyl (C=O) groups excluding carboxylic acids is 1. The first-order valence-corrected chi connectivity index (χ1v) is 6.21. The van der Waals surface area contributed by atoms with Crippen LogP contribution in [0.3, 0.4) is 0 Å². The van der Waals surface area contributed by atoms with Gasteiger partial charge in [0.15, 0.2) is 11.6 Å². The predicted octanol–water partition coefficient (Wildman–Crippen LogP) is 2.99. The van der Waals surface area contributed by atoms with Gasteiger partial charge in [-0.2, -0.15) is 0 Å². The maximum absolute atomic E-state index is 13.1. The Bertz CT molecular complexity index is 431. The molecule has 1 aromatic carbocycles. The summed E-state index contributed by atoms with van der Waals surface area (Å²) in [6.45, 7) is 0. The molecule has 0 atom stereocenters. The highest BCUT2D eigenvalue weighted by Gasteiger charge is 2.15. The van der Waals surface area contributed by atoms with Gasteiger partial charge in [0.05, 0.1) is 0 Å². The first kappa shape index (κ1) is 12.7. The van der Waals surface area contributed by atoms with Crippen molar-refractivity contribution >= 4 is 11.7 Å². The molecule has 0 spiro atoms. The van der Waals surface area contributed by atoms with E-state index in [1.165, 1.54) is 18.6 Å². The number of nitrogens with one attached hydrogen (secondary N) is 2. The lowest BCUT2D eigenvalue weighted by Crippen LogP contribution is -2.39. The number of benzene rings is 1. The number of anilines is 1. The molecule has 2 amide bonds. The molecule has 0 unspecified atom stereocenters. The Hall–Kier alpha value is -1.78. The summed E-state index contributed by atoms with van der Waals surface area (Å²) in [6.07, 6.45) is 5.50. The minimum Gasteiger partial charge on any atom is -0.505 e. The monoisotopic (exact) mass is 252 g/mol. The molecule has 0 saturated heterocycles. The van der Waals surface area contributed by atoms with E-state index >= 15 is 0 Å². The number of aromatic hydroxyl groups is 1. The number of carbonyl (C=O) groups is 1. The number of phenols is 1. The Morgan fingerprint density at radius 1 is 1.28 bits per heavy atom. The molecule has 1 fully saturated rings. The van der Waals surface area contributed by atoms with Crippen LogP contribution in [0.5, 0.6) is 5.75 Å². The van der Waals surface area contributed by atoms with Gasteiger partial charge in [-0.15, -0.1) is 0 Å². The molecule has 18 heavy (non-hydrogen) atoms. The Labute approximate surface area is 105 Å². The highest BCUT2D eigenvalue weighted by atomic mass is 19.1. The third-order valence-electron chi connectivity index (χ3n) is 3.15. The smallest absolute Gasteiger partial charge is 0.319 e. The third kappa shape index (κ3) is 3.35. The normalized spacial score (nSPS) is 16.3. The molecular formula is C13H17FN2O2. The standard InChI is InChI=1S/C13H17FN2O2/c14-11-8-10(6-7-12(11)17)16-13(18)15-9-4-2-1-3-5-9/h6-9,17H,1-5H2,(H2,15,16,18). The topological polar surface area (TPSA) is 61.4 Å². The van der Waals surface area contributed by atoms with E-state index < -0.39 is 11.6 Å². The number of urea groups is 1. The average molecular weight is 252 g/mol. The quantitative estimate of drug-likeness (QED) is 0.708. The average Bonchev–Trinajstić information content (AvgIpc) is 2.35. The zero-order valence-electron chi connectivity index (χ0n) is 10.1. The Morgan fingerprint density at radius 2 is 2.00 bits per heavy atom. The second-order valence-corrected chi connectivity index (χ2v) is 4.60. The molecule has 0 aromatic heterocycles. The molecule has 5 heteroatoms. The van der Waals surface area contributed by atoms with Gasteiger partial charge in [0, 0.05) is 17.8 Å².